The molecule has 3 nitrogen and oxygen atoms in total. The van der Waals surface area contributed by atoms with Gasteiger partial charge in [-0.2, -0.15) is 0 Å². The van der Waals surface area contributed by atoms with Gasteiger partial charge >= 0.3 is 5.97 Å². The van der Waals surface area contributed by atoms with E-state index in [0.29, 0.717) is 13.0 Å². The second kappa shape index (κ2) is 6.05. The Morgan fingerprint density at radius 3 is 2.83 bits per heavy atom. The van der Waals surface area contributed by atoms with Crippen LogP contribution in [0.3, 0.4) is 0 Å². The summed E-state index contributed by atoms with van der Waals surface area (Å²) in [6, 6.07) is 9.93. The van der Waals surface area contributed by atoms with Crippen molar-refractivity contribution < 1.29 is 14.6 Å². The molecular weight excluding hydrogens is 228 g/mol. The summed E-state index contributed by atoms with van der Waals surface area (Å²) in [4.78, 5) is 10.7. The molecule has 0 heterocycles. The van der Waals surface area contributed by atoms with Gasteiger partial charge in [0.15, 0.2) is 0 Å². The van der Waals surface area contributed by atoms with Gasteiger partial charge in [0.1, 0.15) is 6.61 Å². The van der Waals surface area contributed by atoms with Crippen molar-refractivity contribution >= 4 is 5.97 Å². The van der Waals surface area contributed by atoms with E-state index >= 15 is 0 Å². The van der Waals surface area contributed by atoms with Crippen LogP contribution in [0.15, 0.2) is 54.3 Å². The van der Waals surface area contributed by atoms with Crippen LogP contribution in [-0.2, 0) is 16.1 Å². The van der Waals surface area contributed by atoms with Gasteiger partial charge in [0.25, 0.3) is 0 Å². The number of benzene rings is 1. The first-order valence-electron chi connectivity index (χ1n) is 6.00. The van der Waals surface area contributed by atoms with E-state index in [-0.39, 0.29) is 12.3 Å². The molecule has 1 aliphatic carbocycles. The van der Waals surface area contributed by atoms with Gasteiger partial charge in [-0.1, -0.05) is 42.5 Å². The van der Waals surface area contributed by atoms with E-state index in [9.17, 15) is 4.79 Å². The summed E-state index contributed by atoms with van der Waals surface area (Å²) in [6.45, 7) is 0.528. The fraction of sp³-hybridized carbons (Fsp3) is 0.267. The van der Waals surface area contributed by atoms with Crippen molar-refractivity contribution in [3.8, 4) is 0 Å². The Balaban J connectivity index is 1.85. The lowest BCUT2D eigenvalue weighted by Crippen LogP contribution is -2.10. The third-order valence-corrected chi connectivity index (χ3v) is 2.83. The highest BCUT2D eigenvalue weighted by Crippen LogP contribution is 2.23. The highest BCUT2D eigenvalue weighted by atomic mass is 16.5. The molecule has 1 aromatic carbocycles. The third-order valence-electron chi connectivity index (χ3n) is 2.83. The molecule has 1 atom stereocenters. The quantitative estimate of drug-likeness (QED) is 0.865. The van der Waals surface area contributed by atoms with Crippen molar-refractivity contribution in [3.05, 3.63) is 59.9 Å². The fourth-order valence-electron chi connectivity index (χ4n) is 1.94. The molecule has 18 heavy (non-hydrogen) atoms. The summed E-state index contributed by atoms with van der Waals surface area (Å²) < 4.78 is 5.70. The Kier molecular flexibility index (Phi) is 4.18. The maximum Gasteiger partial charge on any atom is 0.303 e. The Labute approximate surface area is 106 Å². The van der Waals surface area contributed by atoms with Crippen molar-refractivity contribution in [3.63, 3.8) is 0 Å². The molecule has 1 N–H and O–H groups in total. The normalized spacial score (nSPS) is 18.2. The largest absolute Gasteiger partial charge is 0.493 e. The van der Waals surface area contributed by atoms with Crippen LogP contribution in [0.25, 0.3) is 0 Å². The van der Waals surface area contributed by atoms with Crippen LogP contribution in [-0.4, -0.2) is 11.1 Å². The van der Waals surface area contributed by atoms with Crippen LogP contribution < -0.4 is 0 Å². The molecule has 0 aromatic heterocycles. The molecule has 0 saturated carbocycles. The Hall–Kier alpha value is -2.03. The highest BCUT2D eigenvalue weighted by molar-refractivity contribution is 5.67. The molecule has 94 valence electrons. The number of aliphatic carboxylic acids is 1. The van der Waals surface area contributed by atoms with Crippen LogP contribution in [0, 0.1) is 5.92 Å². The van der Waals surface area contributed by atoms with E-state index in [1.807, 2.05) is 48.6 Å². The molecule has 0 saturated heterocycles. The van der Waals surface area contributed by atoms with Crippen molar-refractivity contribution in [1.82, 2.24) is 0 Å². The summed E-state index contributed by atoms with van der Waals surface area (Å²) in [5.74, 6) is 0.125. The van der Waals surface area contributed by atoms with Crippen molar-refractivity contribution in [2.75, 3.05) is 0 Å². The minimum absolute atomic E-state index is 0.0401. The van der Waals surface area contributed by atoms with E-state index in [2.05, 4.69) is 0 Å². The van der Waals surface area contributed by atoms with Crippen molar-refractivity contribution in [2.24, 2.45) is 5.92 Å². The number of ether oxygens (including phenoxy) is 1. The molecule has 2 rings (SSSR count). The first kappa shape index (κ1) is 12.4. The number of rotatable bonds is 5. The molecule has 0 aliphatic heterocycles. The Bertz CT molecular complexity index is 460. The van der Waals surface area contributed by atoms with E-state index in [4.69, 9.17) is 9.84 Å². The molecule has 1 aliphatic rings. The molecule has 1 unspecified atom stereocenters. The second-order valence-electron chi connectivity index (χ2n) is 4.35. The van der Waals surface area contributed by atoms with Crippen LogP contribution >= 0.6 is 0 Å². The number of carboxylic acid groups (broad SMARTS) is 1. The monoisotopic (exact) mass is 244 g/mol. The van der Waals surface area contributed by atoms with Gasteiger partial charge < -0.3 is 9.84 Å². The minimum atomic E-state index is -0.769. The summed E-state index contributed by atoms with van der Waals surface area (Å²) >= 11 is 0. The standard InChI is InChI=1S/C15H16O3/c16-15(17)10-13-7-4-8-14(9-13)18-11-12-5-2-1-3-6-12/h1-8,13H,9-11H2,(H,16,17). The van der Waals surface area contributed by atoms with E-state index in [0.717, 1.165) is 11.3 Å². The van der Waals surface area contributed by atoms with Crippen LogP contribution in [0.4, 0.5) is 0 Å². The number of carboxylic acids is 1. The average Bonchev–Trinajstić information content (AvgIpc) is 2.37. The first-order valence-corrected chi connectivity index (χ1v) is 6.00. The van der Waals surface area contributed by atoms with Crippen LogP contribution in [0.1, 0.15) is 18.4 Å². The fourth-order valence-corrected chi connectivity index (χ4v) is 1.94. The van der Waals surface area contributed by atoms with Crippen LogP contribution in [0.2, 0.25) is 0 Å². The first-order chi connectivity index (χ1) is 8.74. The van der Waals surface area contributed by atoms with E-state index < -0.39 is 5.97 Å². The van der Waals surface area contributed by atoms with Gasteiger partial charge in [-0.25, -0.2) is 0 Å². The van der Waals surface area contributed by atoms with E-state index in [1.54, 1.807) is 0 Å². The van der Waals surface area contributed by atoms with Gasteiger partial charge in [-0.05, 0) is 17.6 Å². The lowest BCUT2D eigenvalue weighted by atomic mass is 9.96. The predicted molar refractivity (Wildman–Crippen MR) is 68.8 cm³/mol. The molecule has 0 bridgehead atoms. The topological polar surface area (TPSA) is 46.5 Å². The molecule has 0 fully saturated rings. The van der Waals surface area contributed by atoms with Crippen molar-refractivity contribution in [1.29, 1.82) is 0 Å². The van der Waals surface area contributed by atoms with E-state index in [1.165, 1.54) is 0 Å². The summed E-state index contributed by atoms with van der Waals surface area (Å²) in [7, 11) is 0. The highest BCUT2D eigenvalue weighted by Gasteiger charge is 2.15. The van der Waals surface area contributed by atoms with Gasteiger partial charge in [0, 0.05) is 6.42 Å². The second-order valence-corrected chi connectivity index (χ2v) is 4.35. The zero-order chi connectivity index (χ0) is 12.8. The SMILES string of the molecule is O=C(O)CC1C=CC=C(OCc2ccccc2)C1. The van der Waals surface area contributed by atoms with Gasteiger partial charge in [-0.15, -0.1) is 0 Å². The Morgan fingerprint density at radius 2 is 2.11 bits per heavy atom. The molecule has 1 aromatic rings. The lowest BCUT2D eigenvalue weighted by Gasteiger charge is -2.17. The summed E-state index contributed by atoms with van der Waals surface area (Å²) in [6.07, 6.45) is 6.51. The van der Waals surface area contributed by atoms with Gasteiger partial charge in [0.2, 0.25) is 0 Å². The maximum atomic E-state index is 10.7. The predicted octanol–water partition coefficient (Wildman–Crippen LogP) is 3.14. The number of carbonyl (C=O) groups is 1. The summed E-state index contributed by atoms with van der Waals surface area (Å²) in [5, 5.41) is 8.77. The van der Waals surface area contributed by atoms with Gasteiger partial charge in [0.05, 0.1) is 12.2 Å². The number of hydrogen-bond donors (Lipinski definition) is 1. The molecule has 0 amide bonds. The smallest absolute Gasteiger partial charge is 0.303 e. The maximum absolute atomic E-state index is 10.7. The average molecular weight is 244 g/mol. The molecule has 3 heteroatoms. The zero-order valence-corrected chi connectivity index (χ0v) is 10.1. The van der Waals surface area contributed by atoms with Crippen LogP contribution in [0.5, 0.6) is 0 Å². The zero-order valence-electron chi connectivity index (χ0n) is 10.1. The molecular formula is C15H16O3. The molecule has 0 spiro atoms. The van der Waals surface area contributed by atoms with Gasteiger partial charge in [-0.3, -0.25) is 4.79 Å². The number of hydrogen-bond acceptors (Lipinski definition) is 2. The summed E-state index contributed by atoms with van der Waals surface area (Å²) in [5.41, 5.74) is 1.11. The molecule has 0 radical (unpaired) electrons. The lowest BCUT2D eigenvalue weighted by molar-refractivity contribution is -0.137. The third kappa shape index (κ3) is 3.77. The van der Waals surface area contributed by atoms with Crippen molar-refractivity contribution in [2.45, 2.75) is 19.4 Å². The number of allylic oxidation sites excluding steroid dienone is 4. The Morgan fingerprint density at radius 1 is 1.33 bits per heavy atom. The minimum Gasteiger partial charge on any atom is -0.493 e.